The standard InChI is InChI=1S/C17H23ClFN3O2/c1-20-8-2-3-16(23)22-9-6-12(7-10-22)17(24)21-13-4-5-15(19)14(18)11-13/h4-5,11-12,20H,2-3,6-10H2,1H3,(H,21,24). The number of carbonyl (C=O) groups is 2. The maximum atomic E-state index is 13.1. The summed E-state index contributed by atoms with van der Waals surface area (Å²) in [6.07, 6.45) is 2.63. The number of nitrogens with zero attached hydrogens (tertiary/aromatic N) is 1. The highest BCUT2D eigenvalue weighted by atomic mass is 35.5. The molecule has 0 unspecified atom stereocenters. The normalized spacial score (nSPS) is 15.4. The minimum absolute atomic E-state index is 0.0187. The van der Waals surface area contributed by atoms with Crippen LogP contribution in [0.1, 0.15) is 25.7 Å². The molecule has 7 heteroatoms. The van der Waals surface area contributed by atoms with E-state index in [1.807, 2.05) is 11.9 Å². The summed E-state index contributed by atoms with van der Waals surface area (Å²) < 4.78 is 13.1. The van der Waals surface area contributed by atoms with E-state index in [1.54, 1.807) is 0 Å². The zero-order valence-electron chi connectivity index (χ0n) is 13.8. The maximum Gasteiger partial charge on any atom is 0.227 e. The Balaban J connectivity index is 1.79. The minimum Gasteiger partial charge on any atom is -0.343 e. The lowest BCUT2D eigenvalue weighted by molar-refractivity contribution is -0.134. The second kappa shape index (κ2) is 8.99. The first-order chi connectivity index (χ1) is 11.5. The van der Waals surface area contributed by atoms with Crippen molar-refractivity contribution in [2.75, 3.05) is 32.0 Å². The SMILES string of the molecule is CNCCCC(=O)N1CCC(C(=O)Nc2ccc(F)c(Cl)c2)CC1. The molecule has 132 valence electrons. The van der Waals surface area contributed by atoms with Crippen LogP contribution in [-0.4, -0.2) is 43.4 Å². The van der Waals surface area contributed by atoms with Crippen molar-refractivity contribution in [1.82, 2.24) is 10.2 Å². The van der Waals surface area contributed by atoms with Gasteiger partial charge in [0, 0.05) is 31.1 Å². The van der Waals surface area contributed by atoms with Crippen LogP contribution in [0.3, 0.4) is 0 Å². The van der Waals surface area contributed by atoms with Gasteiger partial charge in [-0.2, -0.15) is 0 Å². The van der Waals surface area contributed by atoms with E-state index >= 15 is 0 Å². The molecule has 0 saturated carbocycles. The molecule has 2 rings (SSSR count). The molecule has 0 spiro atoms. The average molecular weight is 356 g/mol. The molecule has 1 saturated heterocycles. The third-order valence-electron chi connectivity index (χ3n) is 4.22. The molecule has 1 aromatic rings. The number of halogens is 2. The highest BCUT2D eigenvalue weighted by Crippen LogP contribution is 2.23. The number of hydrogen-bond acceptors (Lipinski definition) is 3. The molecule has 1 fully saturated rings. The van der Waals surface area contributed by atoms with E-state index in [0.717, 1.165) is 13.0 Å². The Morgan fingerprint density at radius 2 is 2.04 bits per heavy atom. The smallest absolute Gasteiger partial charge is 0.227 e. The molecule has 0 radical (unpaired) electrons. The molecule has 1 heterocycles. The summed E-state index contributed by atoms with van der Waals surface area (Å²) in [5, 5.41) is 5.77. The number of rotatable bonds is 6. The van der Waals surface area contributed by atoms with E-state index in [2.05, 4.69) is 10.6 Å². The molecule has 2 N–H and O–H groups in total. The molecule has 0 bridgehead atoms. The Labute approximate surface area is 146 Å². The van der Waals surface area contributed by atoms with E-state index in [1.165, 1.54) is 18.2 Å². The topological polar surface area (TPSA) is 61.4 Å². The van der Waals surface area contributed by atoms with E-state index < -0.39 is 5.82 Å². The summed E-state index contributed by atoms with van der Waals surface area (Å²) in [7, 11) is 1.86. The minimum atomic E-state index is -0.514. The molecule has 0 aliphatic carbocycles. The summed E-state index contributed by atoms with van der Waals surface area (Å²) in [6, 6.07) is 4.11. The van der Waals surface area contributed by atoms with E-state index in [9.17, 15) is 14.0 Å². The van der Waals surface area contributed by atoms with Crippen LogP contribution < -0.4 is 10.6 Å². The van der Waals surface area contributed by atoms with Crippen molar-refractivity contribution in [3.05, 3.63) is 29.0 Å². The van der Waals surface area contributed by atoms with Crippen LogP contribution in [0.5, 0.6) is 0 Å². The molecule has 5 nitrogen and oxygen atoms in total. The fourth-order valence-electron chi connectivity index (χ4n) is 2.78. The maximum absolute atomic E-state index is 13.1. The van der Waals surface area contributed by atoms with Crippen molar-refractivity contribution < 1.29 is 14.0 Å². The van der Waals surface area contributed by atoms with Gasteiger partial charge in [0.1, 0.15) is 5.82 Å². The predicted molar refractivity (Wildman–Crippen MR) is 92.5 cm³/mol. The van der Waals surface area contributed by atoms with Gasteiger partial charge in [-0.05, 0) is 51.1 Å². The van der Waals surface area contributed by atoms with Gasteiger partial charge in [-0.15, -0.1) is 0 Å². The third-order valence-corrected chi connectivity index (χ3v) is 4.51. The van der Waals surface area contributed by atoms with Gasteiger partial charge >= 0.3 is 0 Å². The molecule has 0 atom stereocenters. The second-order valence-corrected chi connectivity index (χ2v) is 6.39. The number of amides is 2. The molecule has 0 aromatic heterocycles. The molecular formula is C17H23ClFN3O2. The van der Waals surface area contributed by atoms with Crippen molar-refractivity contribution in [1.29, 1.82) is 0 Å². The van der Waals surface area contributed by atoms with Crippen LogP contribution in [0.25, 0.3) is 0 Å². The van der Waals surface area contributed by atoms with Crippen molar-refractivity contribution in [2.24, 2.45) is 5.92 Å². The molecule has 1 aromatic carbocycles. The van der Waals surface area contributed by atoms with E-state index in [-0.39, 0.29) is 22.8 Å². The largest absolute Gasteiger partial charge is 0.343 e. The van der Waals surface area contributed by atoms with Crippen molar-refractivity contribution in [2.45, 2.75) is 25.7 Å². The van der Waals surface area contributed by atoms with Crippen molar-refractivity contribution in [3.63, 3.8) is 0 Å². The summed E-state index contributed by atoms with van der Waals surface area (Å²) in [6.45, 7) is 2.02. The quantitative estimate of drug-likeness (QED) is 0.771. The Kier molecular flexibility index (Phi) is 6.99. The average Bonchev–Trinajstić information content (AvgIpc) is 2.58. The Morgan fingerprint density at radius 1 is 1.33 bits per heavy atom. The van der Waals surface area contributed by atoms with E-state index in [4.69, 9.17) is 11.6 Å². The van der Waals surface area contributed by atoms with Crippen molar-refractivity contribution in [3.8, 4) is 0 Å². The zero-order chi connectivity index (χ0) is 17.5. The van der Waals surface area contributed by atoms with Gasteiger partial charge in [-0.1, -0.05) is 11.6 Å². The van der Waals surface area contributed by atoms with Crippen LogP contribution in [0.4, 0.5) is 10.1 Å². The Morgan fingerprint density at radius 3 is 2.67 bits per heavy atom. The first-order valence-electron chi connectivity index (χ1n) is 8.19. The van der Waals surface area contributed by atoms with Gasteiger partial charge in [-0.25, -0.2) is 4.39 Å². The van der Waals surface area contributed by atoms with Gasteiger partial charge in [0.15, 0.2) is 0 Å². The van der Waals surface area contributed by atoms with Crippen LogP contribution >= 0.6 is 11.6 Å². The molecule has 24 heavy (non-hydrogen) atoms. The van der Waals surface area contributed by atoms with Gasteiger partial charge in [0.2, 0.25) is 11.8 Å². The van der Waals surface area contributed by atoms with Crippen molar-refractivity contribution >= 4 is 29.1 Å². The third kappa shape index (κ3) is 5.18. The highest BCUT2D eigenvalue weighted by molar-refractivity contribution is 6.31. The lowest BCUT2D eigenvalue weighted by Gasteiger charge is -2.31. The number of likely N-dealkylation sites (tertiary alicyclic amines) is 1. The lowest BCUT2D eigenvalue weighted by atomic mass is 9.95. The number of hydrogen-bond donors (Lipinski definition) is 2. The van der Waals surface area contributed by atoms with Gasteiger partial charge < -0.3 is 15.5 Å². The molecule has 2 amide bonds. The Bertz CT molecular complexity index is 589. The van der Waals surface area contributed by atoms with Gasteiger partial charge in [-0.3, -0.25) is 9.59 Å². The zero-order valence-corrected chi connectivity index (χ0v) is 14.5. The summed E-state index contributed by atoms with van der Waals surface area (Å²) in [4.78, 5) is 26.2. The first-order valence-corrected chi connectivity index (χ1v) is 8.57. The van der Waals surface area contributed by atoms with E-state index in [0.29, 0.717) is 38.0 Å². The monoisotopic (exact) mass is 355 g/mol. The molecule has 1 aliphatic rings. The number of piperidine rings is 1. The number of benzene rings is 1. The number of carbonyl (C=O) groups excluding carboxylic acids is 2. The van der Waals surface area contributed by atoms with Crippen LogP contribution in [0, 0.1) is 11.7 Å². The van der Waals surface area contributed by atoms with Crippen LogP contribution in [0.2, 0.25) is 5.02 Å². The van der Waals surface area contributed by atoms with Crippen LogP contribution in [0.15, 0.2) is 18.2 Å². The van der Waals surface area contributed by atoms with Crippen LogP contribution in [-0.2, 0) is 9.59 Å². The van der Waals surface area contributed by atoms with Gasteiger partial charge in [0.05, 0.1) is 5.02 Å². The number of nitrogens with one attached hydrogen (secondary N) is 2. The van der Waals surface area contributed by atoms with Gasteiger partial charge in [0.25, 0.3) is 0 Å². The molecule has 1 aliphatic heterocycles. The Hall–Kier alpha value is -1.66. The lowest BCUT2D eigenvalue weighted by Crippen LogP contribution is -2.41. The summed E-state index contributed by atoms with van der Waals surface area (Å²) in [5.41, 5.74) is 0.483. The summed E-state index contributed by atoms with van der Waals surface area (Å²) in [5.74, 6) is -0.621. The number of anilines is 1. The second-order valence-electron chi connectivity index (χ2n) is 5.98. The summed E-state index contributed by atoms with van der Waals surface area (Å²) >= 11 is 5.71. The molecular weight excluding hydrogens is 333 g/mol. The fraction of sp³-hybridized carbons (Fsp3) is 0.529. The predicted octanol–water partition coefficient (Wildman–Crippen LogP) is 2.66. The fourth-order valence-corrected chi connectivity index (χ4v) is 2.96. The first kappa shape index (κ1) is 18.7. The highest BCUT2D eigenvalue weighted by Gasteiger charge is 2.27.